The Kier molecular flexibility index (Phi) is 2.90. The van der Waals surface area contributed by atoms with Gasteiger partial charge in [0.2, 0.25) is 0 Å². The lowest BCUT2D eigenvalue weighted by Crippen LogP contribution is -2.37. The molecule has 82 valence electrons. The molecule has 1 aromatic heterocycles. The van der Waals surface area contributed by atoms with Gasteiger partial charge in [-0.1, -0.05) is 0 Å². The third-order valence-corrected chi connectivity index (χ3v) is 3.64. The second kappa shape index (κ2) is 4.18. The second-order valence-corrected chi connectivity index (χ2v) is 4.70. The third-order valence-electron chi connectivity index (χ3n) is 2.76. The number of aromatic carboxylic acids is 1. The summed E-state index contributed by atoms with van der Waals surface area (Å²) in [6.45, 7) is 3.16. The van der Waals surface area contributed by atoms with Crippen LogP contribution in [0.25, 0.3) is 0 Å². The van der Waals surface area contributed by atoms with Crippen molar-refractivity contribution >= 4 is 22.4 Å². The number of rotatable bonds is 2. The van der Waals surface area contributed by atoms with Gasteiger partial charge in [0.15, 0.2) is 10.8 Å². The van der Waals surface area contributed by atoms with Crippen LogP contribution in [0.5, 0.6) is 0 Å². The van der Waals surface area contributed by atoms with Crippen molar-refractivity contribution in [3.8, 4) is 0 Å². The lowest BCUT2D eigenvalue weighted by atomic mass is 10.1. The molecule has 15 heavy (non-hydrogen) atoms. The summed E-state index contributed by atoms with van der Waals surface area (Å²) in [6, 6.07) is 0.478. The monoisotopic (exact) mass is 226 g/mol. The minimum absolute atomic E-state index is 0.160. The van der Waals surface area contributed by atoms with Crippen LogP contribution in [0.1, 0.15) is 36.7 Å². The molecule has 5 heteroatoms. The zero-order chi connectivity index (χ0) is 10.8. The predicted octanol–water partition coefficient (Wildman–Crippen LogP) is 2.22. The van der Waals surface area contributed by atoms with Gasteiger partial charge in [-0.25, -0.2) is 9.78 Å². The number of carbonyl (C=O) groups is 1. The molecule has 0 aliphatic carbocycles. The van der Waals surface area contributed by atoms with Gasteiger partial charge >= 0.3 is 5.97 Å². The first-order valence-corrected chi connectivity index (χ1v) is 6.02. The van der Waals surface area contributed by atoms with E-state index in [2.05, 4.69) is 16.8 Å². The van der Waals surface area contributed by atoms with Crippen LogP contribution in [0.15, 0.2) is 5.38 Å². The molecular weight excluding hydrogens is 212 g/mol. The zero-order valence-corrected chi connectivity index (χ0v) is 9.46. The third kappa shape index (κ3) is 2.12. The first-order chi connectivity index (χ1) is 7.18. The molecular formula is C10H14N2O2S. The van der Waals surface area contributed by atoms with E-state index in [1.807, 2.05) is 0 Å². The zero-order valence-electron chi connectivity index (χ0n) is 8.64. The average molecular weight is 226 g/mol. The lowest BCUT2D eigenvalue weighted by molar-refractivity contribution is 0.0691. The summed E-state index contributed by atoms with van der Waals surface area (Å²) in [5.41, 5.74) is 0.160. The Hall–Kier alpha value is -1.10. The first kappa shape index (κ1) is 10.4. The molecule has 0 radical (unpaired) electrons. The summed E-state index contributed by atoms with van der Waals surface area (Å²) in [6.07, 6.45) is 3.60. The highest BCUT2D eigenvalue weighted by Crippen LogP contribution is 2.27. The van der Waals surface area contributed by atoms with Crippen molar-refractivity contribution in [2.75, 3.05) is 11.4 Å². The minimum atomic E-state index is -0.942. The molecule has 0 bridgehead atoms. The van der Waals surface area contributed by atoms with Crippen LogP contribution in [0.2, 0.25) is 0 Å². The highest BCUT2D eigenvalue weighted by atomic mass is 32.1. The topological polar surface area (TPSA) is 53.4 Å². The van der Waals surface area contributed by atoms with E-state index in [4.69, 9.17) is 5.11 Å². The number of carboxylic acids is 1. The minimum Gasteiger partial charge on any atom is -0.476 e. The molecule has 1 atom stereocenters. The van der Waals surface area contributed by atoms with E-state index in [0.717, 1.165) is 11.7 Å². The van der Waals surface area contributed by atoms with Gasteiger partial charge in [0.1, 0.15) is 0 Å². The Morgan fingerprint density at radius 1 is 1.67 bits per heavy atom. The fourth-order valence-electron chi connectivity index (χ4n) is 1.88. The fraction of sp³-hybridized carbons (Fsp3) is 0.600. The summed E-state index contributed by atoms with van der Waals surface area (Å²) in [5.74, 6) is -0.942. The maximum Gasteiger partial charge on any atom is 0.355 e. The molecule has 1 saturated heterocycles. The summed E-state index contributed by atoms with van der Waals surface area (Å²) < 4.78 is 0. The normalized spacial score (nSPS) is 21.7. The lowest BCUT2D eigenvalue weighted by Gasteiger charge is -2.32. The summed E-state index contributed by atoms with van der Waals surface area (Å²) in [7, 11) is 0. The molecule has 1 aliphatic rings. The number of anilines is 1. The number of thiazole rings is 1. The SMILES string of the molecule is CC1CCCCN1c1nc(C(=O)O)cs1. The van der Waals surface area contributed by atoms with Crippen LogP contribution in [0.3, 0.4) is 0 Å². The molecule has 0 amide bonds. The summed E-state index contributed by atoms with van der Waals surface area (Å²) in [4.78, 5) is 17.0. The number of nitrogens with zero attached hydrogens (tertiary/aromatic N) is 2. The van der Waals surface area contributed by atoms with Crippen LogP contribution in [-0.4, -0.2) is 28.6 Å². The fourth-order valence-corrected chi connectivity index (χ4v) is 2.80. The molecule has 1 N–H and O–H groups in total. The standard InChI is InChI=1S/C10H14N2O2S/c1-7-4-2-3-5-12(7)10-11-8(6-15-10)9(13)14/h6-7H,2-5H2,1H3,(H,13,14). The number of hydrogen-bond acceptors (Lipinski definition) is 4. The van der Waals surface area contributed by atoms with Gasteiger partial charge in [-0.2, -0.15) is 0 Å². The number of carboxylic acid groups (broad SMARTS) is 1. The van der Waals surface area contributed by atoms with Crippen molar-refractivity contribution in [3.05, 3.63) is 11.1 Å². The molecule has 4 nitrogen and oxygen atoms in total. The predicted molar refractivity (Wildman–Crippen MR) is 59.7 cm³/mol. The Labute approximate surface area is 92.6 Å². The molecule has 0 spiro atoms. The van der Waals surface area contributed by atoms with Gasteiger partial charge in [0.25, 0.3) is 0 Å². The van der Waals surface area contributed by atoms with Gasteiger partial charge in [-0.3, -0.25) is 0 Å². The van der Waals surface area contributed by atoms with Gasteiger partial charge in [0, 0.05) is 18.0 Å². The molecule has 1 aromatic rings. The van der Waals surface area contributed by atoms with E-state index < -0.39 is 5.97 Å². The Balaban J connectivity index is 2.17. The van der Waals surface area contributed by atoms with Crippen LogP contribution in [0, 0.1) is 0 Å². The maximum atomic E-state index is 10.7. The number of hydrogen-bond donors (Lipinski definition) is 1. The van der Waals surface area contributed by atoms with Crippen molar-refractivity contribution in [1.82, 2.24) is 4.98 Å². The van der Waals surface area contributed by atoms with E-state index in [-0.39, 0.29) is 5.69 Å². The second-order valence-electron chi connectivity index (χ2n) is 3.86. The van der Waals surface area contributed by atoms with Crippen molar-refractivity contribution in [2.45, 2.75) is 32.2 Å². The van der Waals surface area contributed by atoms with Crippen molar-refractivity contribution in [2.24, 2.45) is 0 Å². The molecule has 2 rings (SSSR count). The van der Waals surface area contributed by atoms with Crippen LogP contribution >= 0.6 is 11.3 Å². The van der Waals surface area contributed by atoms with E-state index in [1.54, 1.807) is 5.38 Å². The average Bonchev–Trinajstić information content (AvgIpc) is 2.67. The van der Waals surface area contributed by atoms with E-state index in [1.165, 1.54) is 30.6 Å². The Bertz CT molecular complexity index is 364. The van der Waals surface area contributed by atoms with Gasteiger partial charge in [-0.05, 0) is 26.2 Å². The first-order valence-electron chi connectivity index (χ1n) is 5.14. The molecule has 1 fully saturated rings. The van der Waals surface area contributed by atoms with Crippen LogP contribution in [0.4, 0.5) is 5.13 Å². The van der Waals surface area contributed by atoms with E-state index in [9.17, 15) is 4.79 Å². The van der Waals surface area contributed by atoms with Crippen LogP contribution < -0.4 is 4.90 Å². The molecule has 0 aromatic carbocycles. The Morgan fingerprint density at radius 3 is 3.07 bits per heavy atom. The van der Waals surface area contributed by atoms with Crippen LogP contribution in [-0.2, 0) is 0 Å². The molecule has 1 unspecified atom stereocenters. The number of piperidine rings is 1. The molecule has 1 aliphatic heterocycles. The van der Waals surface area contributed by atoms with Gasteiger partial charge in [0.05, 0.1) is 0 Å². The smallest absolute Gasteiger partial charge is 0.355 e. The number of aromatic nitrogens is 1. The van der Waals surface area contributed by atoms with Crippen molar-refractivity contribution in [3.63, 3.8) is 0 Å². The van der Waals surface area contributed by atoms with Crippen molar-refractivity contribution in [1.29, 1.82) is 0 Å². The Morgan fingerprint density at radius 2 is 2.47 bits per heavy atom. The quantitative estimate of drug-likeness (QED) is 0.840. The maximum absolute atomic E-state index is 10.7. The van der Waals surface area contributed by atoms with E-state index in [0.29, 0.717) is 6.04 Å². The molecule has 0 saturated carbocycles. The summed E-state index contributed by atoms with van der Waals surface area (Å²) >= 11 is 1.42. The summed E-state index contributed by atoms with van der Waals surface area (Å²) in [5, 5.41) is 11.2. The van der Waals surface area contributed by atoms with Crippen molar-refractivity contribution < 1.29 is 9.90 Å². The highest BCUT2D eigenvalue weighted by molar-refractivity contribution is 7.13. The largest absolute Gasteiger partial charge is 0.476 e. The molecule has 2 heterocycles. The van der Waals surface area contributed by atoms with Gasteiger partial charge < -0.3 is 10.0 Å². The van der Waals surface area contributed by atoms with Gasteiger partial charge in [-0.15, -0.1) is 11.3 Å². The van der Waals surface area contributed by atoms with E-state index >= 15 is 0 Å². The highest BCUT2D eigenvalue weighted by Gasteiger charge is 2.21.